The lowest BCUT2D eigenvalue weighted by atomic mass is 10.0. The van der Waals surface area contributed by atoms with Gasteiger partial charge >= 0.3 is 5.97 Å². The van der Waals surface area contributed by atoms with E-state index in [1.165, 1.54) is 0 Å². The van der Waals surface area contributed by atoms with Gasteiger partial charge in [0.1, 0.15) is 0 Å². The standard InChI is InChI=1S/C27H24N2O5S/c1-32-24-12-11-17(13-25(24)33-2)23-15-21(20-9-4-5-10-22(20)29-23)27(31)34-16-26(30)28-18-7-6-8-19(14-18)35-3/h4-15H,16H2,1-3H3,(H,28,30). The molecule has 0 saturated heterocycles. The van der Waals surface area contributed by atoms with Crippen LogP contribution in [-0.2, 0) is 9.53 Å². The molecule has 1 amide bonds. The van der Waals surface area contributed by atoms with Gasteiger partial charge in [0.2, 0.25) is 0 Å². The Balaban J connectivity index is 1.58. The molecule has 3 aromatic carbocycles. The molecule has 8 heteroatoms. The maximum atomic E-state index is 13.0. The second kappa shape index (κ2) is 10.9. The lowest BCUT2D eigenvalue weighted by Gasteiger charge is -2.12. The number of hydrogen-bond acceptors (Lipinski definition) is 7. The van der Waals surface area contributed by atoms with Crippen LogP contribution >= 0.6 is 11.8 Å². The van der Waals surface area contributed by atoms with Crippen LogP contribution in [0.1, 0.15) is 10.4 Å². The molecule has 35 heavy (non-hydrogen) atoms. The van der Waals surface area contributed by atoms with Gasteiger partial charge in [0.15, 0.2) is 18.1 Å². The average Bonchev–Trinajstić information content (AvgIpc) is 2.90. The number of carbonyl (C=O) groups is 2. The normalized spacial score (nSPS) is 10.6. The summed E-state index contributed by atoms with van der Waals surface area (Å²) in [5.74, 6) is 0.102. The molecule has 0 atom stereocenters. The highest BCUT2D eigenvalue weighted by molar-refractivity contribution is 7.98. The minimum atomic E-state index is -0.613. The number of anilines is 1. The maximum absolute atomic E-state index is 13.0. The highest BCUT2D eigenvalue weighted by Crippen LogP contribution is 2.33. The topological polar surface area (TPSA) is 86.8 Å². The summed E-state index contributed by atoms with van der Waals surface area (Å²) in [5, 5.41) is 3.39. The number of carbonyl (C=O) groups excluding carboxylic acids is 2. The third-order valence-electron chi connectivity index (χ3n) is 5.30. The molecule has 0 aliphatic carbocycles. The molecule has 4 aromatic rings. The van der Waals surface area contributed by atoms with E-state index in [9.17, 15) is 9.59 Å². The fraction of sp³-hybridized carbons (Fsp3) is 0.148. The van der Waals surface area contributed by atoms with Crippen molar-refractivity contribution in [1.29, 1.82) is 0 Å². The predicted molar refractivity (Wildman–Crippen MR) is 137 cm³/mol. The van der Waals surface area contributed by atoms with E-state index in [1.807, 2.05) is 48.7 Å². The van der Waals surface area contributed by atoms with Crippen LogP contribution in [0.2, 0.25) is 0 Å². The van der Waals surface area contributed by atoms with Gasteiger partial charge in [0.05, 0.1) is 31.0 Å². The molecule has 0 aliphatic heterocycles. The van der Waals surface area contributed by atoms with E-state index in [0.717, 1.165) is 10.5 Å². The Morgan fingerprint density at radius 2 is 1.71 bits per heavy atom. The van der Waals surface area contributed by atoms with Crippen LogP contribution in [0.25, 0.3) is 22.2 Å². The van der Waals surface area contributed by atoms with E-state index in [2.05, 4.69) is 5.32 Å². The molecule has 0 bridgehead atoms. The van der Waals surface area contributed by atoms with Crippen LogP contribution in [-0.4, -0.2) is 43.9 Å². The Morgan fingerprint density at radius 3 is 2.49 bits per heavy atom. The molecule has 0 spiro atoms. The van der Waals surface area contributed by atoms with Gasteiger partial charge in [-0.3, -0.25) is 4.79 Å². The van der Waals surface area contributed by atoms with E-state index >= 15 is 0 Å². The molecule has 0 saturated carbocycles. The van der Waals surface area contributed by atoms with Crippen molar-refractivity contribution in [3.63, 3.8) is 0 Å². The molecule has 7 nitrogen and oxygen atoms in total. The zero-order valence-corrected chi connectivity index (χ0v) is 20.3. The summed E-state index contributed by atoms with van der Waals surface area (Å²) in [6.07, 6.45) is 1.96. The first-order valence-corrected chi connectivity index (χ1v) is 12.0. The number of thioether (sulfide) groups is 1. The van der Waals surface area contributed by atoms with E-state index in [1.54, 1.807) is 56.3 Å². The van der Waals surface area contributed by atoms with E-state index < -0.39 is 18.5 Å². The lowest BCUT2D eigenvalue weighted by molar-refractivity contribution is -0.119. The first-order valence-electron chi connectivity index (χ1n) is 10.8. The van der Waals surface area contributed by atoms with Crippen molar-refractivity contribution in [3.8, 4) is 22.8 Å². The maximum Gasteiger partial charge on any atom is 0.339 e. The minimum Gasteiger partial charge on any atom is -0.493 e. The SMILES string of the molecule is COc1ccc(-c2cc(C(=O)OCC(=O)Nc3cccc(SC)c3)c3ccccc3n2)cc1OC. The van der Waals surface area contributed by atoms with Crippen molar-refractivity contribution in [2.45, 2.75) is 4.90 Å². The van der Waals surface area contributed by atoms with Gasteiger partial charge in [-0.05, 0) is 54.8 Å². The smallest absolute Gasteiger partial charge is 0.339 e. The largest absolute Gasteiger partial charge is 0.493 e. The number of para-hydroxylation sites is 1. The Morgan fingerprint density at radius 1 is 0.914 bits per heavy atom. The summed E-state index contributed by atoms with van der Waals surface area (Å²) >= 11 is 1.57. The number of aromatic nitrogens is 1. The Labute approximate surface area is 207 Å². The van der Waals surface area contributed by atoms with E-state index in [-0.39, 0.29) is 0 Å². The Kier molecular flexibility index (Phi) is 7.52. The quantitative estimate of drug-likeness (QED) is 0.261. The third kappa shape index (κ3) is 5.55. The summed E-state index contributed by atoms with van der Waals surface area (Å²) in [6, 6.07) is 21.8. The molecule has 1 aromatic heterocycles. The molecule has 0 unspecified atom stereocenters. The number of hydrogen-bond donors (Lipinski definition) is 1. The number of methoxy groups -OCH3 is 2. The fourth-order valence-corrected chi connectivity index (χ4v) is 4.05. The molecule has 0 radical (unpaired) electrons. The number of esters is 1. The molecule has 1 heterocycles. The molecule has 178 valence electrons. The van der Waals surface area contributed by atoms with Crippen molar-refractivity contribution in [2.24, 2.45) is 0 Å². The van der Waals surface area contributed by atoms with Crippen molar-refractivity contribution < 1.29 is 23.8 Å². The van der Waals surface area contributed by atoms with Crippen LogP contribution in [0.3, 0.4) is 0 Å². The average molecular weight is 489 g/mol. The molecule has 0 aliphatic rings. The highest BCUT2D eigenvalue weighted by atomic mass is 32.2. The van der Waals surface area contributed by atoms with Gasteiger partial charge in [-0.15, -0.1) is 11.8 Å². The zero-order chi connectivity index (χ0) is 24.8. The van der Waals surface area contributed by atoms with E-state index in [4.69, 9.17) is 19.2 Å². The number of fused-ring (bicyclic) bond motifs is 1. The number of ether oxygens (including phenoxy) is 3. The molecule has 1 N–H and O–H groups in total. The van der Waals surface area contributed by atoms with Crippen molar-refractivity contribution in [3.05, 3.63) is 78.4 Å². The van der Waals surface area contributed by atoms with Gasteiger partial charge in [-0.25, -0.2) is 9.78 Å². The molecular weight excluding hydrogens is 464 g/mol. The van der Waals surface area contributed by atoms with E-state index in [0.29, 0.717) is 39.3 Å². The van der Waals surface area contributed by atoms with Crippen molar-refractivity contribution >= 4 is 40.2 Å². The number of amides is 1. The zero-order valence-electron chi connectivity index (χ0n) is 19.5. The van der Waals surface area contributed by atoms with Gasteiger partial charge in [0.25, 0.3) is 5.91 Å². The van der Waals surface area contributed by atoms with Crippen molar-refractivity contribution in [1.82, 2.24) is 4.98 Å². The summed E-state index contributed by atoms with van der Waals surface area (Å²) in [7, 11) is 3.12. The Hall–Kier alpha value is -4.04. The van der Waals surface area contributed by atoms with Crippen LogP contribution in [0, 0.1) is 0 Å². The van der Waals surface area contributed by atoms with Crippen molar-refractivity contribution in [2.75, 3.05) is 32.4 Å². The second-order valence-electron chi connectivity index (χ2n) is 7.50. The minimum absolute atomic E-state index is 0.317. The van der Waals surface area contributed by atoms with Crippen LogP contribution in [0.15, 0.2) is 77.7 Å². The first-order chi connectivity index (χ1) is 17.0. The highest BCUT2D eigenvalue weighted by Gasteiger charge is 2.17. The van der Waals surface area contributed by atoms with Gasteiger partial charge in [-0.2, -0.15) is 0 Å². The van der Waals surface area contributed by atoms with Crippen LogP contribution < -0.4 is 14.8 Å². The molecule has 0 fully saturated rings. The summed E-state index contributed by atoms with van der Waals surface area (Å²) < 4.78 is 16.1. The van der Waals surface area contributed by atoms with Gasteiger partial charge in [0, 0.05) is 21.5 Å². The lowest BCUT2D eigenvalue weighted by Crippen LogP contribution is -2.21. The predicted octanol–water partition coefficient (Wildman–Crippen LogP) is 5.44. The first kappa shape index (κ1) is 24.1. The van der Waals surface area contributed by atoms with Gasteiger partial charge < -0.3 is 19.5 Å². The number of rotatable bonds is 8. The Bertz CT molecular complexity index is 1390. The summed E-state index contributed by atoms with van der Waals surface area (Å²) in [6.45, 7) is -0.412. The molecular formula is C27H24N2O5S. The third-order valence-corrected chi connectivity index (χ3v) is 6.03. The number of pyridine rings is 1. The van der Waals surface area contributed by atoms with Gasteiger partial charge in [-0.1, -0.05) is 24.3 Å². The fourth-order valence-electron chi connectivity index (χ4n) is 3.59. The van der Waals surface area contributed by atoms with Crippen LogP contribution in [0.4, 0.5) is 5.69 Å². The molecule has 4 rings (SSSR count). The number of nitrogens with zero attached hydrogens (tertiary/aromatic N) is 1. The summed E-state index contributed by atoms with van der Waals surface area (Å²) in [4.78, 5) is 31.2. The second-order valence-corrected chi connectivity index (χ2v) is 8.38. The number of nitrogens with one attached hydrogen (secondary N) is 1. The van der Waals surface area contributed by atoms with Crippen LogP contribution in [0.5, 0.6) is 11.5 Å². The number of benzene rings is 3. The monoisotopic (exact) mass is 488 g/mol. The summed E-state index contributed by atoms with van der Waals surface area (Å²) in [5.41, 5.74) is 2.90.